The Morgan fingerprint density at radius 1 is 1.04 bits per heavy atom. The summed E-state index contributed by atoms with van der Waals surface area (Å²) in [6.07, 6.45) is 0. The summed E-state index contributed by atoms with van der Waals surface area (Å²) in [4.78, 5) is 7.68. The number of benzene rings is 2. The minimum absolute atomic E-state index is 0.184. The summed E-state index contributed by atoms with van der Waals surface area (Å²) in [5.41, 5.74) is 2.19. The molecule has 4 rings (SSSR count). The first-order valence-corrected chi connectivity index (χ1v) is 7.93. The summed E-state index contributed by atoms with van der Waals surface area (Å²) in [6.45, 7) is 0. The van der Waals surface area contributed by atoms with E-state index < -0.39 is 0 Å². The smallest absolute Gasteiger partial charge is 0.250 e. The third-order valence-electron chi connectivity index (χ3n) is 3.27. The molecular weight excluding hydrogens is 315 g/mol. The van der Waals surface area contributed by atoms with Crippen LogP contribution < -0.4 is 0 Å². The largest absolute Gasteiger partial charge is 0.420 e. The van der Waals surface area contributed by atoms with Crippen LogP contribution in [0.3, 0.4) is 0 Å². The molecule has 0 aliphatic heterocycles. The molecule has 0 aliphatic rings. The molecule has 1 N–H and O–H groups in total. The molecule has 5 nitrogen and oxygen atoms in total. The van der Waals surface area contributed by atoms with Gasteiger partial charge in [-0.2, -0.15) is 0 Å². The second kappa shape index (κ2) is 5.85. The van der Waals surface area contributed by atoms with Crippen LogP contribution in [0.25, 0.3) is 22.5 Å². The molecule has 0 saturated heterocycles. The number of imidazole rings is 1. The Bertz CT molecular complexity index is 932. The molecule has 0 unspecified atom stereocenters. The van der Waals surface area contributed by atoms with Crippen molar-refractivity contribution in [1.29, 1.82) is 0 Å². The summed E-state index contributed by atoms with van der Waals surface area (Å²) < 4.78 is 19.2. The van der Waals surface area contributed by atoms with Gasteiger partial charge < -0.3 is 9.40 Å². The van der Waals surface area contributed by atoms with Crippen LogP contribution in [-0.4, -0.2) is 20.2 Å². The van der Waals surface area contributed by atoms with Gasteiger partial charge >= 0.3 is 0 Å². The zero-order valence-corrected chi connectivity index (χ0v) is 12.7. The summed E-state index contributed by atoms with van der Waals surface area (Å²) in [5.74, 6) is 0.686. The van der Waals surface area contributed by atoms with Crippen molar-refractivity contribution in [2.75, 3.05) is 0 Å². The Kier molecular flexibility index (Phi) is 3.55. The summed E-state index contributed by atoms with van der Waals surface area (Å²) in [7, 11) is 0. The molecular formula is C16H11FN4OS. The van der Waals surface area contributed by atoms with Crippen molar-refractivity contribution >= 4 is 22.8 Å². The molecule has 2 aromatic heterocycles. The van der Waals surface area contributed by atoms with Gasteiger partial charge in [-0.25, -0.2) is 9.37 Å². The zero-order chi connectivity index (χ0) is 15.6. The highest BCUT2D eigenvalue weighted by molar-refractivity contribution is 7.98. The van der Waals surface area contributed by atoms with Gasteiger partial charge in [0.1, 0.15) is 5.82 Å². The van der Waals surface area contributed by atoms with Crippen molar-refractivity contribution in [2.24, 2.45) is 0 Å². The maximum atomic E-state index is 13.7. The third-order valence-corrected chi connectivity index (χ3v) is 4.13. The first-order chi connectivity index (χ1) is 11.3. The molecule has 23 heavy (non-hydrogen) atoms. The van der Waals surface area contributed by atoms with Crippen LogP contribution in [0.5, 0.6) is 0 Å². The number of nitrogens with one attached hydrogen (secondary N) is 1. The van der Waals surface area contributed by atoms with Gasteiger partial charge in [0.2, 0.25) is 5.89 Å². The Labute approximate surface area is 135 Å². The number of fused-ring (bicyclic) bond motifs is 1. The van der Waals surface area contributed by atoms with E-state index in [4.69, 9.17) is 4.42 Å². The van der Waals surface area contributed by atoms with Crippen molar-refractivity contribution < 1.29 is 8.81 Å². The Morgan fingerprint density at radius 2 is 1.87 bits per heavy atom. The Morgan fingerprint density at radius 3 is 2.74 bits per heavy atom. The minimum atomic E-state index is -0.382. The van der Waals surface area contributed by atoms with E-state index in [-0.39, 0.29) is 11.7 Å². The van der Waals surface area contributed by atoms with E-state index in [2.05, 4.69) is 20.2 Å². The number of thioether (sulfide) groups is 1. The van der Waals surface area contributed by atoms with E-state index in [1.807, 2.05) is 24.3 Å². The Balaban J connectivity index is 1.51. The van der Waals surface area contributed by atoms with Gasteiger partial charge in [-0.1, -0.05) is 36.0 Å². The van der Waals surface area contributed by atoms with Gasteiger partial charge in [-0.15, -0.1) is 10.2 Å². The van der Waals surface area contributed by atoms with Crippen molar-refractivity contribution in [3.8, 4) is 11.5 Å². The first-order valence-electron chi connectivity index (χ1n) is 6.94. The Hall–Kier alpha value is -2.67. The second-order valence-electron chi connectivity index (χ2n) is 4.83. The van der Waals surface area contributed by atoms with Gasteiger partial charge in [-0.05, 0) is 24.3 Å². The quantitative estimate of drug-likeness (QED) is 0.573. The fourth-order valence-electron chi connectivity index (χ4n) is 2.18. The lowest BCUT2D eigenvalue weighted by Crippen LogP contribution is -1.82. The molecule has 7 heteroatoms. The molecule has 4 aromatic rings. The van der Waals surface area contributed by atoms with Crippen molar-refractivity contribution in [3.63, 3.8) is 0 Å². The van der Waals surface area contributed by atoms with Gasteiger partial charge in [0, 0.05) is 0 Å². The standard InChI is InChI=1S/C16H11FN4OS/c17-11-6-2-1-5-10(11)15-21-20-14(22-15)9-23-16-18-12-7-3-4-8-13(12)19-16/h1-8H,9H2,(H,18,19). The average molecular weight is 326 g/mol. The highest BCUT2D eigenvalue weighted by Crippen LogP contribution is 2.25. The lowest BCUT2D eigenvalue weighted by Gasteiger charge is -1.95. The molecule has 0 amide bonds. The number of H-pyrrole nitrogens is 1. The fraction of sp³-hybridized carbons (Fsp3) is 0.0625. The molecule has 0 aliphatic carbocycles. The predicted molar refractivity (Wildman–Crippen MR) is 85.3 cm³/mol. The van der Waals surface area contributed by atoms with E-state index in [0.29, 0.717) is 17.2 Å². The predicted octanol–water partition coefficient (Wildman–Crippen LogP) is 4.04. The number of aromatic nitrogens is 4. The molecule has 0 radical (unpaired) electrons. The van der Waals surface area contributed by atoms with Crippen molar-refractivity contribution in [2.45, 2.75) is 10.9 Å². The lowest BCUT2D eigenvalue weighted by molar-refractivity contribution is 0.522. The van der Waals surface area contributed by atoms with Crippen molar-refractivity contribution in [1.82, 2.24) is 20.2 Å². The van der Waals surface area contributed by atoms with Gasteiger partial charge in [0.05, 0.1) is 22.3 Å². The van der Waals surface area contributed by atoms with E-state index >= 15 is 0 Å². The number of hydrogen-bond acceptors (Lipinski definition) is 5. The first kappa shape index (κ1) is 14.0. The highest BCUT2D eigenvalue weighted by Gasteiger charge is 2.13. The molecule has 0 bridgehead atoms. The summed E-state index contributed by atoms with van der Waals surface area (Å²) in [5, 5.41) is 8.63. The van der Waals surface area contributed by atoms with Crippen molar-refractivity contribution in [3.05, 3.63) is 60.2 Å². The summed E-state index contributed by atoms with van der Waals surface area (Å²) >= 11 is 1.46. The molecule has 2 heterocycles. The third kappa shape index (κ3) is 2.83. The normalized spacial score (nSPS) is 11.2. The van der Waals surface area contributed by atoms with E-state index in [1.54, 1.807) is 18.2 Å². The molecule has 2 aromatic carbocycles. The second-order valence-corrected chi connectivity index (χ2v) is 5.79. The van der Waals surface area contributed by atoms with E-state index in [1.165, 1.54) is 17.8 Å². The number of halogens is 1. The molecule has 0 fully saturated rings. The lowest BCUT2D eigenvalue weighted by atomic mass is 10.2. The van der Waals surface area contributed by atoms with Gasteiger partial charge in [0.25, 0.3) is 5.89 Å². The monoisotopic (exact) mass is 326 g/mol. The number of rotatable bonds is 4. The number of nitrogens with zero attached hydrogens (tertiary/aromatic N) is 3. The average Bonchev–Trinajstić information content (AvgIpc) is 3.19. The topological polar surface area (TPSA) is 67.6 Å². The van der Waals surface area contributed by atoms with Crippen LogP contribution in [0.1, 0.15) is 5.89 Å². The molecule has 0 saturated carbocycles. The molecule has 0 atom stereocenters. The number of aromatic amines is 1. The van der Waals surface area contributed by atoms with Crippen LogP contribution >= 0.6 is 11.8 Å². The number of hydrogen-bond donors (Lipinski definition) is 1. The van der Waals surface area contributed by atoms with Gasteiger partial charge in [0.15, 0.2) is 5.16 Å². The van der Waals surface area contributed by atoms with Crippen LogP contribution in [0.4, 0.5) is 4.39 Å². The zero-order valence-electron chi connectivity index (χ0n) is 11.9. The van der Waals surface area contributed by atoms with E-state index in [0.717, 1.165) is 16.2 Å². The molecule has 0 spiro atoms. The van der Waals surface area contributed by atoms with Crippen LogP contribution in [-0.2, 0) is 5.75 Å². The SMILES string of the molecule is Fc1ccccc1-c1nnc(CSc2nc3ccccc3[nH]2)o1. The number of para-hydroxylation sites is 2. The maximum absolute atomic E-state index is 13.7. The maximum Gasteiger partial charge on any atom is 0.250 e. The van der Waals surface area contributed by atoms with Crippen LogP contribution in [0.2, 0.25) is 0 Å². The van der Waals surface area contributed by atoms with Gasteiger partial charge in [-0.3, -0.25) is 0 Å². The van der Waals surface area contributed by atoms with E-state index in [9.17, 15) is 4.39 Å². The minimum Gasteiger partial charge on any atom is -0.420 e. The summed E-state index contributed by atoms with van der Waals surface area (Å²) in [6, 6.07) is 14.1. The van der Waals surface area contributed by atoms with Crippen LogP contribution in [0.15, 0.2) is 58.1 Å². The fourth-order valence-corrected chi connectivity index (χ4v) is 2.91. The molecule has 114 valence electrons. The highest BCUT2D eigenvalue weighted by atomic mass is 32.2. The van der Waals surface area contributed by atoms with Crippen LogP contribution in [0, 0.1) is 5.82 Å².